The standard InChI is InChI=1S/C32H39N5O12/c1-18(20-8-5-9-21(14-20)28(43)19-6-3-2-4-7-19)32(48)49-13-11-34-25(39)15-22(33)29(44)37-23(30(45)35-10-12-38)16-26(40)36-24(31(46)47)17-27(41)42/h2-9,14,18,22-24,38H,10-13,15-17,33H2,1H3,(H,34,39)(H,35,45)(H,36,40)(H,37,44)(H,41,42)(H,46,47). The van der Waals surface area contributed by atoms with Crippen molar-refractivity contribution in [1.29, 1.82) is 0 Å². The van der Waals surface area contributed by atoms with Crippen LogP contribution in [0.2, 0.25) is 0 Å². The van der Waals surface area contributed by atoms with Gasteiger partial charge in [0.25, 0.3) is 0 Å². The third kappa shape index (κ3) is 13.5. The van der Waals surface area contributed by atoms with Crippen molar-refractivity contribution in [2.45, 2.75) is 50.2 Å². The van der Waals surface area contributed by atoms with Gasteiger partial charge in [0.15, 0.2) is 5.78 Å². The third-order valence-electron chi connectivity index (χ3n) is 6.89. The van der Waals surface area contributed by atoms with Crippen LogP contribution < -0.4 is 27.0 Å². The van der Waals surface area contributed by atoms with E-state index in [4.69, 9.17) is 25.8 Å². The summed E-state index contributed by atoms with van der Waals surface area (Å²) in [6.07, 6.45) is -2.34. The van der Waals surface area contributed by atoms with Crippen molar-refractivity contribution in [2.24, 2.45) is 5.73 Å². The second-order valence-corrected chi connectivity index (χ2v) is 10.7. The Morgan fingerprint density at radius 3 is 2.06 bits per heavy atom. The van der Waals surface area contributed by atoms with Crippen molar-refractivity contribution in [2.75, 3.05) is 26.3 Å². The van der Waals surface area contributed by atoms with Crippen LogP contribution >= 0.6 is 0 Å². The molecule has 2 aromatic carbocycles. The van der Waals surface area contributed by atoms with Gasteiger partial charge in [0.05, 0.1) is 44.4 Å². The summed E-state index contributed by atoms with van der Waals surface area (Å²) >= 11 is 0. The van der Waals surface area contributed by atoms with Crippen LogP contribution in [0.15, 0.2) is 54.6 Å². The largest absolute Gasteiger partial charge is 0.481 e. The van der Waals surface area contributed by atoms with Crippen LogP contribution in [-0.4, -0.2) is 107 Å². The second-order valence-electron chi connectivity index (χ2n) is 10.7. The highest BCUT2D eigenvalue weighted by molar-refractivity contribution is 6.09. The van der Waals surface area contributed by atoms with Gasteiger partial charge < -0.3 is 47.1 Å². The Labute approximate surface area is 280 Å². The number of aliphatic carboxylic acids is 2. The number of ether oxygens (including phenoxy) is 1. The van der Waals surface area contributed by atoms with Crippen molar-refractivity contribution in [3.63, 3.8) is 0 Å². The Kier molecular flexibility index (Phi) is 16.0. The Hall–Kier alpha value is -5.68. The van der Waals surface area contributed by atoms with Crippen LogP contribution in [0, 0.1) is 0 Å². The average molecular weight is 686 g/mol. The van der Waals surface area contributed by atoms with Crippen LogP contribution in [0.3, 0.4) is 0 Å². The van der Waals surface area contributed by atoms with Gasteiger partial charge in [0, 0.05) is 17.7 Å². The van der Waals surface area contributed by atoms with E-state index >= 15 is 0 Å². The molecule has 4 amide bonds. The zero-order valence-electron chi connectivity index (χ0n) is 26.5. The molecule has 49 heavy (non-hydrogen) atoms. The number of rotatable bonds is 20. The topological polar surface area (TPSA) is 281 Å². The Balaban J connectivity index is 1.86. The van der Waals surface area contributed by atoms with Gasteiger partial charge in [-0.05, 0) is 18.6 Å². The summed E-state index contributed by atoms with van der Waals surface area (Å²) in [5.41, 5.74) is 7.26. The second kappa shape index (κ2) is 19.9. The molecule has 0 saturated heterocycles. The van der Waals surface area contributed by atoms with Gasteiger partial charge in [-0.3, -0.25) is 33.6 Å². The van der Waals surface area contributed by atoms with E-state index in [0.717, 1.165) is 0 Å². The fourth-order valence-corrected chi connectivity index (χ4v) is 4.28. The zero-order valence-corrected chi connectivity index (χ0v) is 26.5. The summed E-state index contributed by atoms with van der Waals surface area (Å²) in [7, 11) is 0. The molecular formula is C32H39N5O12. The van der Waals surface area contributed by atoms with Crippen LogP contribution in [-0.2, 0) is 38.3 Å². The van der Waals surface area contributed by atoms with E-state index in [2.05, 4.69) is 16.0 Å². The molecule has 0 aliphatic carbocycles. The van der Waals surface area contributed by atoms with Gasteiger partial charge >= 0.3 is 17.9 Å². The van der Waals surface area contributed by atoms with Crippen LogP contribution in [0.4, 0.5) is 0 Å². The first-order chi connectivity index (χ1) is 23.2. The first kappa shape index (κ1) is 39.5. The van der Waals surface area contributed by atoms with Crippen molar-refractivity contribution < 1.29 is 58.4 Å². The maximum atomic E-state index is 12.8. The van der Waals surface area contributed by atoms with Gasteiger partial charge in [-0.1, -0.05) is 48.5 Å². The van der Waals surface area contributed by atoms with E-state index in [1.807, 2.05) is 5.32 Å². The number of carboxylic acids is 2. The van der Waals surface area contributed by atoms with Gasteiger partial charge in [0.1, 0.15) is 18.7 Å². The average Bonchev–Trinajstić information content (AvgIpc) is 3.07. The number of nitrogens with two attached hydrogens (primary N) is 1. The van der Waals surface area contributed by atoms with E-state index in [1.54, 1.807) is 61.5 Å². The van der Waals surface area contributed by atoms with Gasteiger partial charge in [-0.15, -0.1) is 0 Å². The highest BCUT2D eigenvalue weighted by atomic mass is 16.5. The molecule has 0 radical (unpaired) electrons. The summed E-state index contributed by atoms with van der Waals surface area (Å²) in [5, 5.41) is 35.7. The number of esters is 1. The van der Waals surface area contributed by atoms with Gasteiger partial charge in [-0.2, -0.15) is 0 Å². The first-order valence-corrected chi connectivity index (χ1v) is 15.0. The van der Waals surface area contributed by atoms with E-state index < -0.39 is 91.4 Å². The molecule has 264 valence electrons. The lowest BCUT2D eigenvalue weighted by Gasteiger charge is -2.21. The number of nitrogens with one attached hydrogen (secondary N) is 4. The summed E-state index contributed by atoms with van der Waals surface area (Å²) < 4.78 is 5.24. The van der Waals surface area contributed by atoms with Crippen molar-refractivity contribution in [3.8, 4) is 0 Å². The number of aliphatic hydroxyl groups excluding tert-OH is 1. The number of benzene rings is 2. The summed E-state index contributed by atoms with van der Waals surface area (Å²) in [4.78, 5) is 97.4. The van der Waals surface area contributed by atoms with Crippen molar-refractivity contribution in [1.82, 2.24) is 21.3 Å². The molecule has 0 spiro atoms. The number of amides is 4. The molecule has 0 saturated carbocycles. The minimum Gasteiger partial charge on any atom is -0.481 e. The number of aliphatic hydroxyl groups is 1. The van der Waals surface area contributed by atoms with Crippen molar-refractivity contribution >= 4 is 47.3 Å². The highest BCUT2D eigenvalue weighted by Crippen LogP contribution is 2.20. The van der Waals surface area contributed by atoms with E-state index in [-0.39, 0.29) is 25.5 Å². The Morgan fingerprint density at radius 2 is 1.43 bits per heavy atom. The number of ketones is 1. The summed E-state index contributed by atoms with van der Waals surface area (Å²) in [6.45, 7) is 0.523. The fraction of sp³-hybridized carbons (Fsp3) is 0.375. The van der Waals surface area contributed by atoms with E-state index in [0.29, 0.717) is 16.7 Å². The molecule has 4 unspecified atom stereocenters. The molecular weight excluding hydrogens is 646 g/mol. The lowest BCUT2D eigenvalue weighted by Crippen LogP contribution is -2.55. The molecule has 0 aliphatic rings. The van der Waals surface area contributed by atoms with Crippen molar-refractivity contribution in [3.05, 3.63) is 71.3 Å². The minimum absolute atomic E-state index is 0.133. The first-order valence-electron chi connectivity index (χ1n) is 15.0. The molecule has 0 fully saturated rings. The van der Waals surface area contributed by atoms with Gasteiger partial charge in [-0.25, -0.2) is 4.79 Å². The van der Waals surface area contributed by atoms with Gasteiger partial charge in [0.2, 0.25) is 23.6 Å². The smallest absolute Gasteiger partial charge is 0.326 e. The third-order valence-corrected chi connectivity index (χ3v) is 6.89. The predicted molar refractivity (Wildman–Crippen MR) is 170 cm³/mol. The molecule has 0 heterocycles. The maximum absolute atomic E-state index is 12.8. The molecule has 2 rings (SSSR count). The Bertz CT molecular complexity index is 1520. The molecule has 17 nitrogen and oxygen atoms in total. The lowest BCUT2D eigenvalue weighted by atomic mass is 9.96. The molecule has 0 aliphatic heterocycles. The minimum atomic E-state index is -1.81. The molecule has 4 atom stereocenters. The van der Waals surface area contributed by atoms with E-state index in [9.17, 15) is 38.4 Å². The van der Waals surface area contributed by atoms with Crippen LogP contribution in [0.5, 0.6) is 0 Å². The summed E-state index contributed by atoms with van der Waals surface area (Å²) in [6, 6.07) is 10.3. The molecule has 0 bridgehead atoms. The molecule has 9 N–H and O–H groups in total. The fourth-order valence-electron chi connectivity index (χ4n) is 4.28. The number of carbonyl (C=O) groups is 8. The Morgan fingerprint density at radius 1 is 0.755 bits per heavy atom. The molecule has 17 heteroatoms. The predicted octanol–water partition coefficient (Wildman–Crippen LogP) is -1.57. The molecule has 2 aromatic rings. The maximum Gasteiger partial charge on any atom is 0.326 e. The highest BCUT2D eigenvalue weighted by Gasteiger charge is 2.30. The molecule has 0 aromatic heterocycles. The normalized spacial score (nSPS) is 13.0. The van der Waals surface area contributed by atoms with E-state index in [1.165, 1.54) is 0 Å². The lowest BCUT2D eigenvalue weighted by molar-refractivity contribution is -0.147. The quantitative estimate of drug-likeness (QED) is 0.0445. The zero-order chi connectivity index (χ0) is 36.5. The van der Waals surface area contributed by atoms with Crippen LogP contribution in [0.25, 0.3) is 0 Å². The number of hydrogen-bond donors (Lipinski definition) is 8. The SMILES string of the molecule is CC(C(=O)OCCNC(=O)CC(N)C(=O)NC(CC(=O)NC(CC(=O)O)C(=O)O)C(=O)NCCO)c1cccc(C(=O)c2ccccc2)c1. The summed E-state index contributed by atoms with van der Waals surface area (Å²) in [5.74, 6) is -8.45. The number of hydrogen-bond acceptors (Lipinski definition) is 11. The number of carboxylic acid groups (broad SMARTS) is 2. The monoisotopic (exact) mass is 685 g/mol. The van der Waals surface area contributed by atoms with Crippen LogP contribution in [0.1, 0.15) is 53.6 Å². The number of carbonyl (C=O) groups excluding carboxylic acids is 6.